The molecule has 0 amide bonds. The Bertz CT molecular complexity index is 602. The molecule has 0 saturated carbocycles. The van der Waals surface area contributed by atoms with E-state index in [-0.39, 0.29) is 10.9 Å². The second kappa shape index (κ2) is 5.23. The summed E-state index contributed by atoms with van der Waals surface area (Å²) in [7, 11) is -3.50. The minimum atomic E-state index is -3.50. The first-order valence-electron chi connectivity index (χ1n) is 6.73. The van der Waals surface area contributed by atoms with Crippen LogP contribution in [0.3, 0.4) is 0 Å². The zero-order valence-corrected chi connectivity index (χ0v) is 11.9. The highest BCUT2D eigenvalue weighted by atomic mass is 32.2. The van der Waals surface area contributed by atoms with E-state index < -0.39 is 10.0 Å². The van der Waals surface area contributed by atoms with Gasteiger partial charge in [0.25, 0.3) is 0 Å². The zero-order valence-electron chi connectivity index (χ0n) is 11.1. The van der Waals surface area contributed by atoms with Crippen LogP contribution in [0.4, 0.5) is 0 Å². The Labute approximate surface area is 118 Å². The van der Waals surface area contributed by atoms with Crippen molar-refractivity contribution in [3.63, 3.8) is 0 Å². The van der Waals surface area contributed by atoms with E-state index >= 15 is 0 Å². The van der Waals surface area contributed by atoms with Crippen molar-refractivity contribution in [1.29, 1.82) is 0 Å². The number of sulfonamides is 1. The van der Waals surface area contributed by atoms with Crippen molar-refractivity contribution >= 4 is 10.0 Å². The van der Waals surface area contributed by atoms with Crippen molar-refractivity contribution in [2.75, 3.05) is 26.3 Å². The number of rotatable bonds is 2. The molecule has 6 nitrogen and oxygen atoms in total. The van der Waals surface area contributed by atoms with Gasteiger partial charge in [0.05, 0.1) is 18.1 Å². The third kappa shape index (κ3) is 2.48. The Morgan fingerprint density at radius 1 is 1.20 bits per heavy atom. The van der Waals surface area contributed by atoms with E-state index in [9.17, 15) is 8.42 Å². The molecule has 0 bridgehead atoms. The topological polar surface area (TPSA) is 81.9 Å². The number of ether oxygens (including phenoxy) is 2. The van der Waals surface area contributed by atoms with Gasteiger partial charge in [0, 0.05) is 31.6 Å². The van der Waals surface area contributed by atoms with Crippen LogP contribution in [0.2, 0.25) is 0 Å². The maximum atomic E-state index is 12.5. The Kier molecular flexibility index (Phi) is 3.57. The third-order valence-corrected chi connectivity index (χ3v) is 5.41. The fourth-order valence-corrected chi connectivity index (χ4v) is 3.95. The number of nitrogens with two attached hydrogens (primary N) is 1. The highest BCUT2D eigenvalue weighted by molar-refractivity contribution is 7.89. The molecular formula is C13H18N2O4S. The number of benzene rings is 1. The van der Waals surface area contributed by atoms with Crippen molar-refractivity contribution in [3.05, 3.63) is 18.2 Å². The lowest BCUT2D eigenvalue weighted by Gasteiger charge is -2.17. The molecule has 1 aromatic carbocycles. The first kappa shape index (κ1) is 13.7. The molecule has 20 heavy (non-hydrogen) atoms. The molecule has 110 valence electrons. The van der Waals surface area contributed by atoms with Crippen LogP contribution in [0.5, 0.6) is 11.5 Å². The van der Waals surface area contributed by atoms with Gasteiger partial charge in [-0.3, -0.25) is 0 Å². The van der Waals surface area contributed by atoms with Crippen molar-refractivity contribution in [1.82, 2.24) is 4.31 Å². The molecule has 2 aliphatic heterocycles. The summed E-state index contributed by atoms with van der Waals surface area (Å²) < 4.78 is 37.5. The molecule has 1 fully saturated rings. The standard InChI is InChI=1S/C13H18N2O4S/c14-10-4-5-15(9-10)20(16,17)11-2-3-12-13(8-11)19-7-1-6-18-12/h2-3,8,10H,1,4-7,9,14H2. The molecule has 2 heterocycles. The summed E-state index contributed by atoms with van der Waals surface area (Å²) >= 11 is 0. The summed E-state index contributed by atoms with van der Waals surface area (Å²) in [5.41, 5.74) is 5.78. The van der Waals surface area contributed by atoms with Gasteiger partial charge in [0.1, 0.15) is 0 Å². The second-order valence-electron chi connectivity index (χ2n) is 5.07. The average Bonchev–Trinajstić information content (AvgIpc) is 2.74. The largest absolute Gasteiger partial charge is 0.490 e. The minimum Gasteiger partial charge on any atom is -0.490 e. The molecule has 7 heteroatoms. The lowest BCUT2D eigenvalue weighted by atomic mass is 10.3. The summed E-state index contributed by atoms with van der Waals surface area (Å²) in [4.78, 5) is 0.232. The first-order valence-corrected chi connectivity index (χ1v) is 8.17. The lowest BCUT2D eigenvalue weighted by molar-refractivity contribution is 0.297. The quantitative estimate of drug-likeness (QED) is 0.863. The Balaban J connectivity index is 1.92. The Hall–Kier alpha value is -1.31. The van der Waals surface area contributed by atoms with Gasteiger partial charge in [-0.1, -0.05) is 0 Å². The van der Waals surface area contributed by atoms with Gasteiger partial charge >= 0.3 is 0 Å². The van der Waals surface area contributed by atoms with Crippen LogP contribution in [0.1, 0.15) is 12.8 Å². The van der Waals surface area contributed by atoms with Crippen LogP contribution in [-0.4, -0.2) is 45.1 Å². The third-order valence-electron chi connectivity index (χ3n) is 3.54. The van der Waals surface area contributed by atoms with Crippen molar-refractivity contribution in [2.24, 2.45) is 5.73 Å². The van der Waals surface area contributed by atoms with Crippen LogP contribution in [0, 0.1) is 0 Å². The van der Waals surface area contributed by atoms with Crippen LogP contribution >= 0.6 is 0 Å². The predicted octanol–water partition coefficient (Wildman–Crippen LogP) is 0.570. The number of nitrogens with zero attached hydrogens (tertiary/aromatic N) is 1. The van der Waals surface area contributed by atoms with E-state index in [0.29, 0.717) is 44.2 Å². The number of hydrogen-bond acceptors (Lipinski definition) is 5. The molecular weight excluding hydrogens is 280 g/mol. The summed E-state index contributed by atoms with van der Waals surface area (Å²) in [5.74, 6) is 1.09. The summed E-state index contributed by atoms with van der Waals surface area (Å²) in [6.45, 7) is 1.96. The minimum absolute atomic E-state index is 0.0785. The van der Waals surface area contributed by atoms with Crippen molar-refractivity contribution in [2.45, 2.75) is 23.8 Å². The van der Waals surface area contributed by atoms with E-state index in [1.807, 2.05) is 0 Å². The molecule has 2 N–H and O–H groups in total. The van der Waals surface area contributed by atoms with Gasteiger partial charge in [-0.05, 0) is 18.6 Å². The summed E-state index contributed by atoms with van der Waals surface area (Å²) in [6.07, 6.45) is 1.49. The van der Waals surface area contributed by atoms with Gasteiger partial charge in [0.15, 0.2) is 11.5 Å². The van der Waals surface area contributed by atoms with E-state index in [2.05, 4.69) is 0 Å². The molecule has 1 aromatic rings. The van der Waals surface area contributed by atoms with Gasteiger partial charge in [-0.15, -0.1) is 0 Å². The van der Waals surface area contributed by atoms with Crippen LogP contribution in [0.15, 0.2) is 23.1 Å². The SMILES string of the molecule is NC1CCN(S(=O)(=O)c2ccc3c(c2)OCCCO3)C1. The monoisotopic (exact) mass is 298 g/mol. The Morgan fingerprint density at radius 2 is 1.95 bits per heavy atom. The van der Waals surface area contributed by atoms with E-state index in [1.165, 1.54) is 4.31 Å². The van der Waals surface area contributed by atoms with E-state index in [0.717, 1.165) is 6.42 Å². The summed E-state index contributed by atoms with van der Waals surface area (Å²) in [6, 6.07) is 4.68. The molecule has 0 aromatic heterocycles. The van der Waals surface area contributed by atoms with Gasteiger partial charge in [-0.25, -0.2) is 8.42 Å². The fraction of sp³-hybridized carbons (Fsp3) is 0.538. The van der Waals surface area contributed by atoms with Gasteiger partial charge in [0.2, 0.25) is 10.0 Å². The van der Waals surface area contributed by atoms with Gasteiger partial charge < -0.3 is 15.2 Å². The molecule has 1 atom stereocenters. The Morgan fingerprint density at radius 3 is 2.65 bits per heavy atom. The van der Waals surface area contributed by atoms with E-state index in [4.69, 9.17) is 15.2 Å². The highest BCUT2D eigenvalue weighted by Crippen LogP contribution is 2.33. The molecule has 0 radical (unpaired) electrons. The second-order valence-corrected chi connectivity index (χ2v) is 7.01. The van der Waals surface area contributed by atoms with Crippen molar-refractivity contribution in [3.8, 4) is 11.5 Å². The maximum Gasteiger partial charge on any atom is 0.243 e. The highest BCUT2D eigenvalue weighted by Gasteiger charge is 2.31. The van der Waals surface area contributed by atoms with Crippen LogP contribution < -0.4 is 15.2 Å². The van der Waals surface area contributed by atoms with Gasteiger partial charge in [-0.2, -0.15) is 4.31 Å². The molecule has 3 rings (SSSR count). The van der Waals surface area contributed by atoms with Crippen LogP contribution in [0.25, 0.3) is 0 Å². The van der Waals surface area contributed by atoms with Crippen LogP contribution in [-0.2, 0) is 10.0 Å². The summed E-state index contributed by atoms with van der Waals surface area (Å²) in [5, 5.41) is 0. The molecule has 0 aliphatic carbocycles. The molecule has 1 saturated heterocycles. The number of fused-ring (bicyclic) bond motifs is 1. The normalized spacial score (nSPS) is 23.6. The number of hydrogen-bond donors (Lipinski definition) is 1. The lowest BCUT2D eigenvalue weighted by Crippen LogP contribution is -2.31. The molecule has 1 unspecified atom stereocenters. The maximum absolute atomic E-state index is 12.5. The molecule has 2 aliphatic rings. The predicted molar refractivity (Wildman–Crippen MR) is 73.4 cm³/mol. The smallest absolute Gasteiger partial charge is 0.243 e. The molecule has 0 spiro atoms. The fourth-order valence-electron chi connectivity index (χ4n) is 2.43. The average molecular weight is 298 g/mol. The first-order chi connectivity index (χ1) is 9.57. The van der Waals surface area contributed by atoms with Crippen molar-refractivity contribution < 1.29 is 17.9 Å². The zero-order chi connectivity index (χ0) is 14.2. The van der Waals surface area contributed by atoms with E-state index in [1.54, 1.807) is 18.2 Å².